The van der Waals surface area contributed by atoms with Crippen molar-refractivity contribution in [2.24, 2.45) is 0 Å². The number of benzene rings is 3. The Kier molecular flexibility index (Phi) is 12.3. The Morgan fingerprint density at radius 3 is 2.17 bits per heavy atom. The number of carboxylic acid groups (broad SMARTS) is 1. The lowest BCUT2D eigenvalue weighted by molar-refractivity contribution is -0.150. The van der Waals surface area contributed by atoms with Gasteiger partial charge in [0.15, 0.2) is 6.10 Å². The third kappa shape index (κ3) is 10.7. The van der Waals surface area contributed by atoms with Gasteiger partial charge in [-0.3, -0.25) is 0 Å². The van der Waals surface area contributed by atoms with E-state index in [1.54, 1.807) is 49.4 Å². The highest BCUT2D eigenvalue weighted by molar-refractivity contribution is 6.34. The van der Waals surface area contributed by atoms with Gasteiger partial charge in [-0.1, -0.05) is 35.3 Å². The standard InChI is InChI=1S/C30H31Cl2F3N2O5/c1-2-41-27(28(38)39)18-20-5-11-26(12-6-20)42-15-14-37(13-3-4-21-16-23(31)19-24(32)17-21)29(40)36-25-9-7-22(8-10-25)30(33,34)35/h5-12,16-17,19,27H,2-4,13-15,18H2,1H3,(H,36,40)(H,38,39). The van der Waals surface area contributed by atoms with E-state index in [4.69, 9.17) is 32.7 Å². The minimum Gasteiger partial charge on any atom is -0.492 e. The number of carboxylic acids is 1. The van der Waals surface area contributed by atoms with Gasteiger partial charge in [0.2, 0.25) is 0 Å². The van der Waals surface area contributed by atoms with Gasteiger partial charge in [0.1, 0.15) is 12.4 Å². The number of halogens is 5. The summed E-state index contributed by atoms with van der Waals surface area (Å²) in [7, 11) is 0. The number of alkyl halides is 3. The summed E-state index contributed by atoms with van der Waals surface area (Å²) < 4.78 is 49.8. The Labute approximate surface area is 252 Å². The molecule has 3 aromatic carbocycles. The van der Waals surface area contributed by atoms with E-state index < -0.39 is 29.8 Å². The summed E-state index contributed by atoms with van der Waals surface area (Å²) in [5, 5.41) is 12.9. The molecule has 0 spiro atoms. The lowest BCUT2D eigenvalue weighted by Gasteiger charge is -2.23. The second-order valence-electron chi connectivity index (χ2n) is 9.35. The second kappa shape index (κ2) is 15.7. The predicted octanol–water partition coefficient (Wildman–Crippen LogP) is 7.59. The monoisotopic (exact) mass is 626 g/mol. The highest BCUT2D eigenvalue weighted by Gasteiger charge is 2.30. The maximum absolute atomic E-state index is 13.1. The third-order valence-electron chi connectivity index (χ3n) is 6.18. The molecular formula is C30H31Cl2F3N2O5. The molecule has 0 saturated heterocycles. The van der Waals surface area contributed by atoms with Crippen LogP contribution < -0.4 is 10.1 Å². The van der Waals surface area contributed by atoms with Crippen LogP contribution in [0.1, 0.15) is 30.0 Å². The van der Waals surface area contributed by atoms with Crippen molar-refractivity contribution < 1.29 is 37.3 Å². The second-order valence-corrected chi connectivity index (χ2v) is 10.2. The van der Waals surface area contributed by atoms with E-state index in [9.17, 15) is 27.9 Å². The number of amides is 2. The highest BCUT2D eigenvalue weighted by atomic mass is 35.5. The fourth-order valence-corrected chi connectivity index (χ4v) is 4.69. The van der Waals surface area contributed by atoms with Crippen molar-refractivity contribution in [1.82, 2.24) is 4.90 Å². The highest BCUT2D eigenvalue weighted by Crippen LogP contribution is 2.30. The van der Waals surface area contributed by atoms with Gasteiger partial charge in [-0.2, -0.15) is 13.2 Å². The smallest absolute Gasteiger partial charge is 0.416 e. The molecule has 0 saturated carbocycles. The molecule has 0 aromatic heterocycles. The zero-order valence-corrected chi connectivity index (χ0v) is 24.3. The molecule has 7 nitrogen and oxygen atoms in total. The number of rotatable bonds is 14. The van der Waals surface area contributed by atoms with Gasteiger partial charge in [-0.15, -0.1) is 0 Å². The first-order valence-electron chi connectivity index (χ1n) is 13.2. The van der Waals surface area contributed by atoms with Crippen LogP contribution in [-0.2, 0) is 28.5 Å². The van der Waals surface area contributed by atoms with Crippen molar-refractivity contribution >= 4 is 40.9 Å². The molecule has 2 amide bonds. The van der Waals surface area contributed by atoms with Gasteiger partial charge in [-0.25, -0.2) is 9.59 Å². The average Bonchev–Trinajstić information content (AvgIpc) is 2.92. The first-order chi connectivity index (χ1) is 19.9. The van der Waals surface area contributed by atoms with Crippen LogP contribution >= 0.6 is 23.2 Å². The molecule has 3 aromatic rings. The molecule has 0 radical (unpaired) electrons. The van der Waals surface area contributed by atoms with Crippen LogP contribution in [0.5, 0.6) is 5.75 Å². The molecule has 1 atom stereocenters. The molecule has 226 valence electrons. The number of hydrogen-bond donors (Lipinski definition) is 2. The van der Waals surface area contributed by atoms with Crippen LogP contribution in [0.3, 0.4) is 0 Å². The number of nitrogens with zero attached hydrogens (tertiary/aromatic N) is 1. The van der Waals surface area contributed by atoms with Crippen LogP contribution in [0.2, 0.25) is 10.0 Å². The molecule has 0 heterocycles. The molecular weight excluding hydrogens is 596 g/mol. The number of nitrogens with one attached hydrogen (secondary N) is 1. The molecule has 3 rings (SSSR count). The van der Waals surface area contributed by atoms with Crippen molar-refractivity contribution in [2.45, 2.75) is 38.5 Å². The minimum atomic E-state index is -4.48. The molecule has 1 unspecified atom stereocenters. The molecule has 0 fully saturated rings. The zero-order chi connectivity index (χ0) is 30.7. The summed E-state index contributed by atoms with van der Waals surface area (Å²) in [6, 6.07) is 15.8. The summed E-state index contributed by atoms with van der Waals surface area (Å²) in [6.07, 6.45) is -4.06. The summed E-state index contributed by atoms with van der Waals surface area (Å²) in [5.41, 5.74) is 1.08. The Balaban J connectivity index is 1.61. The molecule has 0 bridgehead atoms. The van der Waals surface area contributed by atoms with Crippen molar-refractivity contribution in [3.8, 4) is 5.75 Å². The zero-order valence-electron chi connectivity index (χ0n) is 22.8. The lowest BCUT2D eigenvalue weighted by atomic mass is 10.1. The van der Waals surface area contributed by atoms with Gasteiger partial charge in [0, 0.05) is 35.3 Å². The summed E-state index contributed by atoms with van der Waals surface area (Å²) in [4.78, 5) is 25.9. The molecule has 0 aliphatic carbocycles. The number of urea groups is 1. The van der Waals surface area contributed by atoms with E-state index in [1.165, 1.54) is 17.0 Å². The third-order valence-corrected chi connectivity index (χ3v) is 6.62. The summed E-state index contributed by atoms with van der Waals surface area (Å²) in [6.45, 7) is 2.67. The number of aryl methyl sites for hydroxylation is 1. The average molecular weight is 627 g/mol. The maximum atomic E-state index is 13.1. The number of anilines is 1. The van der Waals surface area contributed by atoms with Gasteiger partial charge < -0.3 is 24.8 Å². The van der Waals surface area contributed by atoms with Crippen LogP contribution in [-0.4, -0.2) is 54.4 Å². The first-order valence-corrected chi connectivity index (χ1v) is 13.9. The van der Waals surface area contributed by atoms with Crippen LogP contribution in [0.15, 0.2) is 66.7 Å². The molecule has 0 aliphatic heterocycles. The minimum absolute atomic E-state index is 0.138. The van der Waals surface area contributed by atoms with Gasteiger partial charge in [-0.05, 0) is 85.5 Å². The number of carbonyl (C=O) groups is 2. The largest absolute Gasteiger partial charge is 0.492 e. The Morgan fingerprint density at radius 1 is 0.952 bits per heavy atom. The SMILES string of the molecule is CCOC(Cc1ccc(OCCN(CCCc2cc(Cl)cc(Cl)c2)C(=O)Nc2ccc(C(F)(F)F)cc2)cc1)C(=O)O. The van der Waals surface area contributed by atoms with Crippen molar-refractivity contribution in [2.75, 3.05) is 31.6 Å². The molecule has 2 N–H and O–H groups in total. The van der Waals surface area contributed by atoms with Crippen LogP contribution in [0.25, 0.3) is 0 Å². The Hall–Kier alpha value is -3.47. The topological polar surface area (TPSA) is 88.1 Å². The van der Waals surface area contributed by atoms with E-state index in [0.29, 0.717) is 35.2 Å². The van der Waals surface area contributed by atoms with E-state index >= 15 is 0 Å². The number of hydrogen-bond acceptors (Lipinski definition) is 4. The fourth-order valence-electron chi connectivity index (χ4n) is 4.12. The van der Waals surface area contributed by atoms with Gasteiger partial charge in [0.25, 0.3) is 0 Å². The quantitative estimate of drug-likeness (QED) is 0.192. The summed E-state index contributed by atoms with van der Waals surface area (Å²) in [5.74, 6) is -0.510. The normalized spacial score (nSPS) is 12.0. The Bertz CT molecular complexity index is 1300. The predicted molar refractivity (Wildman–Crippen MR) is 156 cm³/mol. The van der Waals surface area contributed by atoms with E-state index in [0.717, 1.165) is 23.3 Å². The van der Waals surface area contributed by atoms with Crippen molar-refractivity contribution in [1.29, 1.82) is 0 Å². The van der Waals surface area contributed by atoms with E-state index in [2.05, 4.69) is 5.32 Å². The number of aliphatic carboxylic acids is 1. The van der Waals surface area contributed by atoms with Crippen molar-refractivity contribution in [3.63, 3.8) is 0 Å². The lowest BCUT2D eigenvalue weighted by Crippen LogP contribution is -2.38. The van der Waals surface area contributed by atoms with Gasteiger partial charge in [0.05, 0.1) is 12.1 Å². The molecule has 0 aliphatic rings. The summed E-state index contributed by atoms with van der Waals surface area (Å²) >= 11 is 12.2. The van der Waals surface area contributed by atoms with Crippen LogP contribution in [0.4, 0.5) is 23.7 Å². The maximum Gasteiger partial charge on any atom is 0.416 e. The Morgan fingerprint density at radius 2 is 1.60 bits per heavy atom. The first kappa shape index (κ1) is 33.0. The number of carbonyl (C=O) groups excluding carboxylic acids is 1. The van der Waals surface area contributed by atoms with Crippen LogP contribution in [0, 0.1) is 0 Å². The fraction of sp³-hybridized carbons (Fsp3) is 0.333. The van der Waals surface area contributed by atoms with E-state index in [-0.39, 0.29) is 31.9 Å². The van der Waals surface area contributed by atoms with E-state index in [1.807, 2.05) is 0 Å². The molecule has 12 heteroatoms. The van der Waals surface area contributed by atoms with Crippen molar-refractivity contribution in [3.05, 3.63) is 93.5 Å². The van der Waals surface area contributed by atoms with Gasteiger partial charge >= 0.3 is 18.2 Å². The molecule has 42 heavy (non-hydrogen) atoms. The number of ether oxygens (including phenoxy) is 2.